The zero-order valence-electron chi connectivity index (χ0n) is 42.4. The van der Waals surface area contributed by atoms with Crippen molar-refractivity contribution >= 4 is 78.7 Å². The molecule has 0 radical (unpaired) electrons. The molecule has 0 aliphatic carbocycles. The van der Waals surface area contributed by atoms with Crippen molar-refractivity contribution in [3.63, 3.8) is 0 Å². The molecule has 22 heteroatoms. The summed E-state index contributed by atoms with van der Waals surface area (Å²) in [4.78, 5) is 30.6. The van der Waals surface area contributed by atoms with Crippen molar-refractivity contribution in [1.29, 1.82) is 0 Å². The fraction of sp³-hybridized carbons (Fsp3) is 0.143. The topological polar surface area (TPSA) is 261 Å². The van der Waals surface area contributed by atoms with Gasteiger partial charge in [-0.2, -0.15) is 0 Å². The van der Waals surface area contributed by atoms with E-state index in [0.717, 1.165) is 54.1 Å². The Morgan fingerprint density at radius 3 is 1.51 bits per heavy atom. The summed E-state index contributed by atoms with van der Waals surface area (Å²) >= 11 is 4.44. The van der Waals surface area contributed by atoms with Gasteiger partial charge in [0.1, 0.15) is 60.2 Å². The highest BCUT2D eigenvalue weighted by Gasteiger charge is 2.16. The Morgan fingerprint density at radius 2 is 1.06 bits per heavy atom. The number of fused-ring (bicyclic) bond motifs is 3. The van der Waals surface area contributed by atoms with Gasteiger partial charge in [-0.1, -0.05) is 108 Å². The summed E-state index contributed by atoms with van der Waals surface area (Å²) in [5.41, 5.74) is 26.4. The lowest BCUT2D eigenvalue weighted by Crippen LogP contribution is -2.07. The number of aromatic hydroxyl groups is 1. The molecule has 0 aliphatic rings. The SMILES string of the molecule is C.C.C.C.C.C#C.C#CC(C)Oc1ccccc1.CC(Oc1ccccc1)c1cn(-c2ccc3oc(-c4cncs4)nc3c2)nn1.Nc1ccc2oc(-c3cncs3)nc2c1.Oc1ccccc1.[N-]=[N+]=Nc1ccc2oc(-c3cncs3)nc2c1. The number of para-hydroxylation sites is 3. The minimum atomic E-state index is -0.218. The van der Waals surface area contributed by atoms with Crippen molar-refractivity contribution in [3.8, 4) is 80.4 Å². The first-order valence-electron chi connectivity index (χ1n) is 23.8. The number of nitrogens with two attached hydrogens (primary N) is 1. The second-order valence-electron chi connectivity index (χ2n) is 16.1. The van der Waals surface area contributed by atoms with Gasteiger partial charge in [0.25, 0.3) is 0 Å². The lowest BCUT2D eigenvalue weighted by molar-refractivity contribution is 0.222. The van der Waals surface area contributed by atoms with Crippen LogP contribution < -0.4 is 15.2 Å². The first kappa shape index (κ1) is 68.7. The van der Waals surface area contributed by atoms with Crippen LogP contribution in [0.3, 0.4) is 0 Å². The Kier molecular flexibility index (Phi) is 28.0. The molecule has 0 saturated heterocycles. The molecule has 19 nitrogen and oxygen atoms in total. The Balaban J connectivity index is 0.000000290. The third-order valence-electron chi connectivity index (χ3n) is 10.5. The number of aromatic nitrogens is 9. The van der Waals surface area contributed by atoms with Crippen molar-refractivity contribution in [3.05, 3.63) is 203 Å². The Morgan fingerprint density at radius 1 is 0.612 bits per heavy atom. The molecule has 13 rings (SSSR count). The minimum absolute atomic E-state index is 0. The molecule has 7 heterocycles. The van der Waals surface area contributed by atoms with Crippen LogP contribution in [0.4, 0.5) is 11.4 Å². The molecule has 0 spiro atoms. The Labute approximate surface area is 506 Å². The highest BCUT2D eigenvalue weighted by Crippen LogP contribution is 2.31. The molecule has 0 amide bonds. The van der Waals surface area contributed by atoms with Gasteiger partial charge in [0.15, 0.2) is 22.9 Å². The molecule has 2 unspecified atom stereocenters. The molecule has 0 aliphatic heterocycles. The number of thiazole rings is 3. The van der Waals surface area contributed by atoms with Crippen LogP contribution in [0.25, 0.3) is 81.7 Å². The standard InChI is InChI=1S/C20H15N5O2S.C10H5N5OS.C10H7N3OS.C10H10O.C6H6O.C2H2.5CH4/c1-13(26-15-5-3-2-4-6-15)17-11-25(24-23-17)14-7-8-18-16(9-14)22-20(27-18)19-10-21-12-28-19;11-15-14-6-1-2-8-7(3-6)13-10(16-8)9-4-12-5-17-9;11-6-1-2-8-7(3-6)13-10(14-8)9-4-12-5-15-9;1-3-9(2)11-10-7-5-4-6-8-10;7-6-4-2-1-3-5-6;1-2;;;;;/h2-13H,1H3;1-5H;1-5H,11H2;1,4-9H,2H3;1-5,7H;1-2H;5*1H4. The fourth-order valence-corrected chi connectivity index (χ4v) is 8.47. The van der Waals surface area contributed by atoms with Gasteiger partial charge >= 0.3 is 0 Å². The molecule has 6 aromatic carbocycles. The van der Waals surface area contributed by atoms with Crippen LogP contribution in [0.1, 0.15) is 62.8 Å². The van der Waals surface area contributed by atoms with Gasteiger partial charge in [0, 0.05) is 16.3 Å². The number of phenolic OH excluding ortho intramolecular Hbond substituents is 1. The number of phenols is 1. The van der Waals surface area contributed by atoms with Crippen LogP contribution >= 0.6 is 34.0 Å². The summed E-state index contributed by atoms with van der Waals surface area (Å²) in [5, 5.41) is 20.6. The number of nitrogen functional groups attached to an aromatic ring is 1. The van der Waals surface area contributed by atoms with E-state index in [-0.39, 0.29) is 49.3 Å². The van der Waals surface area contributed by atoms with Gasteiger partial charge in [0.05, 0.1) is 47.0 Å². The van der Waals surface area contributed by atoms with Gasteiger partial charge in [-0.05, 0) is 110 Å². The van der Waals surface area contributed by atoms with Crippen molar-refractivity contribution in [2.75, 3.05) is 5.73 Å². The fourth-order valence-electron chi connectivity index (χ4n) is 6.83. The third-order valence-corrected chi connectivity index (χ3v) is 12.8. The number of ether oxygens (including phenoxy) is 2. The van der Waals surface area contributed by atoms with E-state index in [0.29, 0.717) is 51.5 Å². The molecule has 2 atom stereocenters. The summed E-state index contributed by atoms with van der Waals surface area (Å²) in [6.07, 6.45) is 19.8. The number of anilines is 1. The van der Waals surface area contributed by atoms with Gasteiger partial charge in [-0.25, -0.2) is 19.6 Å². The number of hydrogen-bond acceptors (Lipinski definition) is 19. The average molecular weight is 1200 g/mol. The summed E-state index contributed by atoms with van der Waals surface area (Å²) in [6.45, 7) is 3.79. The van der Waals surface area contributed by atoms with Gasteiger partial charge in [-0.15, -0.1) is 58.4 Å². The Hall–Kier alpha value is -10.6. The van der Waals surface area contributed by atoms with Crippen LogP contribution in [0.2, 0.25) is 0 Å². The highest BCUT2D eigenvalue weighted by atomic mass is 32.1. The van der Waals surface area contributed by atoms with E-state index < -0.39 is 0 Å². The first-order chi connectivity index (χ1) is 39.2. The largest absolute Gasteiger partial charge is 0.508 e. The molecule has 7 aromatic heterocycles. The third kappa shape index (κ3) is 19.3. The number of nitrogens with zero attached hydrogens (tertiary/aromatic N) is 12. The monoisotopic (exact) mass is 1200 g/mol. The first-order valence-corrected chi connectivity index (χ1v) is 26.4. The van der Waals surface area contributed by atoms with Gasteiger partial charge in [0.2, 0.25) is 17.7 Å². The van der Waals surface area contributed by atoms with E-state index in [1.807, 2.05) is 111 Å². The van der Waals surface area contributed by atoms with Crippen molar-refractivity contribution in [2.45, 2.75) is 63.2 Å². The molecule has 0 bridgehead atoms. The maximum atomic E-state index is 8.63. The van der Waals surface area contributed by atoms with Gasteiger partial charge < -0.3 is 33.6 Å². The van der Waals surface area contributed by atoms with Crippen molar-refractivity contribution in [2.24, 2.45) is 5.11 Å². The normalized spacial score (nSPS) is 10.3. The second-order valence-corrected chi connectivity index (χ2v) is 18.8. The molecule has 3 N–H and O–H groups in total. The molecule has 13 aromatic rings. The number of benzene rings is 6. The smallest absolute Gasteiger partial charge is 0.239 e. The summed E-state index contributed by atoms with van der Waals surface area (Å²) in [5.74, 6) is 6.12. The zero-order valence-corrected chi connectivity index (χ0v) is 44.9. The Bertz CT molecular complexity index is 4080. The quantitative estimate of drug-likeness (QED) is 0.0424. The predicted molar refractivity (Wildman–Crippen MR) is 346 cm³/mol. The van der Waals surface area contributed by atoms with E-state index in [1.54, 1.807) is 94.4 Å². The number of hydrogen-bond donors (Lipinski definition) is 2. The molecular formula is C63H65N13O6S3. The van der Waals surface area contributed by atoms with Crippen LogP contribution in [-0.2, 0) is 0 Å². The maximum absolute atomic E-state index is 8.63. The highest BCUT2D eigenvalue weighted by molar-refractivity contribution is 7.13. The summed E-state index contributed by atoms with van der Waals surface area (Å²) in [6, 6.07) is 44.1. The maximum Gasteiger partial charge on any atom is 0.239 e. The second kappa shape index (κ2) is 34.6. The zero-order chi connectivity index (χ0) is 56.1. The lowest BCUT2D eigenvalue weighted by atomic mass is 10.2. The molecule has 0 fully saturated rings. The number of oxazole rings is 3. The lowest BCUT2D eigenvalue weighted by Gasteiger charge is -2.11. The number of terminal acetylenes is 2. The summed E-state index contributed by atoms with van der Waals surface area (Å²) in [7, 11) is 0. The van der Waals surface area contributed by atoms with E-state index in [1.165, 1.54) is 34.0 Å². The van der Waals surface area contributed by atoms with Crippen LogP contribution in [0, 0.1) is 25.2 Å². The van der Waals surface area contributed by atoms with E-state index in [9.17, 15) is 0 Å². The minimum Gasteiger partial charge on any atom is -0.508 e. The van der Waals surface area contributed by atoms with E-state index >= 15 is 0 Å². The predicted octanol–water partition coefficient (Wildman–Crippen LogP) is 18.0. The van der Waals surface area contributed by atoms with Gasteiger partial charge in [-0.3, -0.25) is 15.0 Å². The number of rotatable bonds is 10. The van der Waals surface area contributed by atoms with Crippen LogP contribution in [-0.4, -0.2) is 56.1 Å². The molecule has 436 valence electrons. The van der Waals surface area contributed by atoms with Crippen molar-refractivity contribution < 1.29 is 27.8 Å². The van der Waals surface area contributed by atoms with Crippen molar-refractivity contribution in [1.82, 2.24) is 44.9 Å². The van der Waals surface area contributed by atoms with E-state index in [4.69, 9.17) is 45.5 Å². The number of azide groups is 1. The molecule has 85 heavy (non-hydrogen) atoms. The van der Waals surface area contributed by atoms with E-state index in [2.05, 4.69) is 69.0 Å². The summed E-state index contributed by atoms with van der Waals surface area (Å²) < 4.78 is 29.9. The molecule has 0 saturated carbocycles. The van der Waals surface area contributed by atoms with Crippen LogP contribution in [0.5, 0.6) is 17.2 Å². The molecular weight excluding hydrogens is 1130 g/mol. The van der Waals surface area contributed by atoms with Crippen LogP contribution in [0.15, 0.2) is 205 Å². The average Bonchev–Trinajstić information content (AvgIpc) is 3.71.